The van der Waals surface area contributed by atoms with Crippen LogP contribution in [0.3, 0.4) is 0 Å². The summed E-state index contributed by atoms with van der Waals surface area (Å²) < 4.78 is 35.1. The van der Waals surface area contributed by atoms with Gasteiger partial charge in [-0.25, -0.2) is 10.3 Å². The van der Waals surface area contributed by atoms with Crippen LogP contribution in [-0.4, -0.2) is 66.7 Å². The molecular weight excluding hydrogens is 332 g/mol. The lowest BCUT2D eigenvalue weighted by Crippen LogP contribution is -2.54. The van der Waals surface area contributed by atoms with Gasteiger partial charge in [0.1, 0.15) is 6.04 Å². The van der Waals surface area contributed by atoms with Crippen LogP contribution < -0.4 is 11.2 Å². The molecule has 4 N–H and O–H groups in total. The molecule has 11 nitrogen and oxygen atoms in total. The van der Waals surface area contributed by atoms with E-state index in [2.05, 4.69) is 9.76 Å². The zero-order valence-corrected chi connectivity index (χ0v) is 13.6. The predicted octanol–water partition coefficient (Wildman–Crippen LogP) is -1.37. The molecule has 132 valence electrons. The second-order valence-corrected chi connectivity index (χ2v) is 7.10. The molecule has 2 aliphatic rings. The Morgan fingerprint density at radius 3 is 2.74 bits per heavy atom. The van der Waals surface area contributed by atoms with Crippen molar-refractivity contribution in [3.05, 3.63) is 0 Å². The van der Waals surface area contributed by atoms with E-state index in [9.17, 15) is 18.0 Å². The minimum absolute atomic E-state index is 0.0936. The Balaban J connectivity index is 2.19. The number of nitrogens with zero attached hydrogens (tertiary/aromatic N) is 2. The summed E-state index contributed by atoms with van der Waals surface area (Å²) >= 11 is 0. The van der Waals surface area contributed by atoms with Crippen LogP contribution in [0.2, 0.25) is 0 Å². The highest BCUT2D eigenvalue weighted by atomic mass is 32.3. The molecule has 0 spiro atoms. The van der Waals surface area contributed by atoms with Crippen molar-refractivity contribution in [3.63, 3.8) is 0 Å². The van der Waals surface area contributed by atoms with Gasteiger partial charge < -0.3 is 10.6 Å². The molecule has 23 heavy (non-hydrogen) atoms. The van der Waals surface area contributed by atoms with Gasteiger partial charge in [-0.15, -0.1) is 4.28 Å². The van der Waals surface area contributed by atoms with Gasteiger partial charge in [0.05, 0.1) is 12.6 Å². The molecule has 0 aromatic carbocycles. The highest BCUT2D eigenvalue weighted by Gasteiger charge is 2.56. The van der Waals surface area contributed by atoms with Gasteiger partial charge in [-0.1, -0.05) is 13.8 Å². The van der Waals surface area contributed by atoms with Crippen LogP contribution in [0.15, 0.2) is 0 Å². The molecule has 0 unspecified atom stereocenters. The average molecular weight is 352 g/mol. The number of carbonyl (C=O) groups excluding carboxylic acids is 2. The predicted molar refractivity (Wildman–Crippen MR) is 75.7 cm³/mol. The van der Waals surface area contributed by atoms with E-state index in [1.807, 2.05) is 0 Å². The number of urea groups is 1. The van der Waals surface area contributed by atoms with E-state index in [4.69, 9.17) is 15.1 Å². The highest BCUT2D eigenvalue weighted by Crippen LogP contribution is 2.42. The lowest BCUT2D eigenvalue weighted by atomic mass is 9.76. The van der Waals surface area contributed by atoms with Crippen molar-refractivity contribution >= 4 is 22.3 Å². The quantitative estimate of drug-likeness (QED) is 0.301. The standard InChI is InChI=1S/C11H20N4O7S/c1-11(2)5-7(9(16)13-21-4-3-12)14-6-8(11)15(10(14)17)22-23(18,19)20/h7-8H,3-6,12H2,1-2H3,(H,13,16)(H,18,19,20)/t7-,8-/m0/s1. The van der Waals surface area contributed by atoms with Gasteiger partial charge in [0.2, 0.25) is 0 Å². The van der Waals surface area contributed by atoms with E-state index in [0.29, 0.717) is 5.06 Å². The molecule has 0 radical (unpaired) electrons. The van der Waals surface area contributed by atoms with Crippen molar-refractivity contribution in [2.75, 3.05) is 19.7 Å². The minimum atomic E-state index is -4.85. The van der Waals surface area contributed by atoms with Crippen molar-refractivity contribution in [2.45, 2.75) is 32.4 Å². The zero-order chi connectivity index (χ0) is 17.4. The fraction of sp³-hybridized carbons (Fsp3) is 0.818. The van der Waals surface area contributed by atoms with Crippen LogP contribution in [0.1, 0.15) is 20.3 Å². The first-order valence-electron chi connectivity index (χ1n) is 6.95. The Labute approximate surface area is 133 Å². The normalized spacial score (nSPS) is 26.5. The molecular formula is C11H20N4O7S. The average Bonchev–Trinajstić information content (AvgIpc) is 2.69. The first kappa shape index (κ1) is 17.9. The van der Waals surface area contributed by atoms with Crippen LogP contribution >= 0.6 is 0 Å². The summed E-state index contributed by atoms with van der Waals surface area (Å²) in [6, 6.07) is -2.27. The number of fused-ring (bicyclic) bond motifs is 2. The fourth-order valence-electron chi connectivity index (χ4n) is 2.84. The minimum Gasteiger partial charge on any atom is -0.328 e. The van der Waals surface area contributed by atoms with Crippen molar-refractivity contribution in [2.24, 2.45) is 11.1 Å². The Morgan fingerprint density at radius 1 is 1.52 bits per heavy atom. The smallest absolute Gasteiger partial charge is 0.328 e. The summed E-state index contributed by atoms with van der Waals surface area (Å²) in [4.78, 5) is 30.6. The Morgan fingerprint density at radius 2 is 2.17 bits per heavy atom. The van der Waals surface area contributed by atoms with E-state index >= 15 is 0 Å². The van der Waals surface area contributed by atoms with Gasteiger partial charge in [0.25, 0.3) is 5.91 Å². The maximum atomic E-state index is 12.3. The van der Waals surface area contributed by atoms with Gasteiger partial charge in [-0.05, 0) is 11.8 Å². The summed E-state index contributed by atoms with van der Waals surface area (Å²) in [6.45, 7) is 3.98. The molecule has 12 heteroatoms. The maximum Gasteiger partial charge on any atom is 0.418 e. The second kappa shape index (κ2) is 6.20. The molecule has 2 atom stereocenters. The number of piperidine rings is 1. The third-order valence-electron chi connectivity index (χ3n) is 3.95. The zero-order valence-electron chi connectivity index (χ0n) is 12.8. The van der Waals surface area contributed by atoms with Crippen LogP contribution in [0, 0.1) is 5.41 Å². The number of amides is 3. The van der Waals surface area contributed by atoms with Gasteiger partial charge in [0.15, 0.2) is 0 Å². The molecule has 2 rings (SSSR count). The lowest BCUT2D eigenvalue weighted by molar-refractivity contribution is -0.140. The molecule has 0 aromatic rings. The molecule has 2 fully saturated rings. The van der Waals surface area contributed by atoms with Gasteiger partial charge in [-0.2, -0.15) is 13.5 Å². The SMILES string of the molecule is CC1(C)C[C@@H](C(=O)NOCCN)N2C[C@@H]1N(OS(=O)(=O)O)C2=O. The van der Waals surface area contributed by atoms with Crippen LogP contribution in [0.5, 0.6) is 0 Å². The molecule has 2 aliphatic heterocycles. The molecule has 2 bridgehead atoms. The summed E-state index contributed by atoms with van der Waals surface area (Å²) in [7, 11) is -4.85. The molecule has 0 saturated carbocycles. The maximum absolute atomic E-state index is 12.3. The number of rotatable bonds is 6. The highest BCUT2D eigenvalue weighted by molar-refractivity contribution is 7.80. The number of nitrogens with two attached hydrogens (primary N) is 1. The Hall–Kier alpha value is -1.47. The molecule has 3 amide bonds. The largest absolute Gasteiger partial charge is 0.418 e. The summed E-state index contributed by atoms with van der Waals surface area (Å²) in [6.07, 6.45) is 0.270. The number of hydroxylamine groups is 3. The summed E-state index contributed by atoms with van der Waals surface area (Å²) in [5.74, 6) is -0.535. The van der Waals surface area contributed by atoms with Gasteiger partial charge in [0, 0.05) is 13.1 Å². The fourth-order valence-corrected chi connectivity index (χ4v) is 3.21. The van der Waals surface area contributed by atoms with Crippen LogP contribution in [0.4, 0.5) is 4.79 Å². The molecule has 0 aliphatic carbocycles. The first-order valence-corrected chi connectivity index (χ1v) is 8.32. The first-order chi connectivity index (χ1) is 10.6. The monoisotopic (exact) mass is 352 g/mol. The molecule has 0 aromatic heterocycles. The van der Waals surface area contributed by atoms with Crippen molar-refractivity contribution in [1.29, 1.82) is 0 Å². The van der Waals surface area contributed by atoms with Gasteiger partial charge >= 0.3 is 16.4 Å². The Kier molecular flexibility index (Phi) is 4.82. The van der Waals surface area contributed by atoms with Crippen molar-refractivity contribution < 1.29 is 31.7 Å². The van der Waals surface area contributed by atoms with Crippen LogP contribution in [-0.2, 0) is 24.3 Å². The third-order valence-corrected chi connectivity index (χ3v) is 4.30. The van der Waals surface area contributed by atoms with E-state index < -0.39 is 39.8 Å². The van der Waals surface area contributed by atoms with Crippen molar-refractivity contribution in [3.8, 4) is 0 Å². The van der Waals surface area contributed by atoms with E-state index in [1.54, 1.807) is 13.8 Å². The van der Waals surface area contributed by atoms with Crippen molar-refractivity contribution in [1.82, 2.24) is 15.4 Å². The third kappa shape index (κ3) is 3.72. The topological polar surface area (TPSA) is 151 Å². The van der Waals surface area contributed by atoms with E-state index in [1.165, 1.54) is 4.90 Å². The number of carbonyl (C=O) groups is 2. The molecule has 2 saturated heterocycles. The lowest BCUT2D eigenvalue weighted by Gasteiger charge is -2.40. The molecule has 2 heterocycles. The number of hydrogen-bond acceptors (Lipinski definition) is 7. The summed E-state index contributed by atoms with van der Waals surface area (Å²) in [5.41, 5.74) is 6.85. The van der Waals surface area contributed by atoms with Crippen LogP contribution in [0.25, 0.3) is 0 Å². The number of nitrogens with one attached hydrogen (secondary N) is 1. The summed E-state index contributed by atoms with van der Waals surface area (Å²) in [5, 5.41) is 0.601. The Bertz CT molecular complexity index is 593. The van der Waals surface area contributed by atoms with Gasteiger partial charge in [-0.3, -0.25) is 14.2 Å². The second-order valence-electron chi connectivity index (χ2n) is 6.09. The number of hydrogen-bond donors (Lipinski definition) is 3. The van der Waals surface area contributed by atoms with E-state index in [-0.39, 0.29) is 26.1 Å². The van der Waals surface area contributed by atoms with E-state index in [0.717, 1.165) is 0 Å².